The fraction of sp³-hybridized carbons (Fsp3) is 0.421. The molecule has 1 atom stereocenters. The number of hydrogen-bond donors (Lipinski definition) is 1. The molecule has 1 fully saturated rings. The number of nitrogens with zero attached hydrogens (tertiary/aromatic N) is 3. The summed E-state index contributed by atoms with van der Waals surface area (Å²) in [4.78, 5) is 26.4. The zero-order valence-electron chi connectivity index (χ0n) is 15.1. The van der Waals surface area contributed by atoms with Gasteiger partial charge in [-0.25, -0.2) is 0 Å². The van der Waals surface area contributed by atoms with Crippen LogP contribution in [0.2, 0.25) is 0 Å². The quantitative estimate of drug-likeness (QED) is 0.831. The normalized spacial score (nSPS) is 17.7. The topological polar surface area (TPSA) is 76.5 Å². The van der Waals surface area contributed by atoms with E-state index in [0.717, 1.165) is 31.4 Å². The van der Waals surface area contributed by atoms with Crippen LogP contribution in [0, 0.1) is 0 Å². The standard InChI is InChI=1S/C19H24N4O3/c1-22-13-16(11-20-22)21-18(24)15-8-6-14(7-9-15)12-23-10-4-3-5-17(23)19(25)26-2/h6-9,11,13,17H,3-5,10,12H2,1-2H3,(H,21,24). The van der Waals surface area contributed by atoms with Gasteiger partial charge in [-0.3, -0.25) is 19.2 Å². The van der Waals surface area contributed by atoms with Crippen LogP contribution in [0.1, 0.15) is 35.2 Å². The van der Waals surface area contributed by atoms with Crippen LogP contribution < -0.4 is 5.32 Å². The van der Waals surface area contributed by atoms with Crippen molar-refractivity contribution in [3.63, 3.8) is 0 Å². The molecule has 0 aliphatic carbocycles. The maximum absolute atomic E-state index is 12.3. The molecule has 2 heterocycles. The highest BCUT2D eigenvalue weighted by atomic mass is 16.5. The second-order valence-electron chi connectivity index (χ2n) is 6.56. The molecule has 0 radical (unpaired) electrons. The van der Waals surface area contributed by atoms with Gasteiger partial charge in [0.1, 0.15) is 6.04 Å². The highest BCUT2D eigenvalue weighted by molar-refractivity contribution is 6.04. The highest BCUT2D eigenvalue weighted by Crippen LogP contribution is 2.21. The lowest BCUT2D eigenvalue weighted by Crippen LogP contribution is -2.44. The van der Waals surface area contributed by atoms with Gasteiger partial charge >= 0.3 is 5.97 Å². The number of nitrogens with one attached hydrogen (secondary N) is 1. The highest BCUT2D eigenvalue weighted by Gasteiger charge is 2.29. The molecule has 26 heavy (non-hydrogen) atoms. The van der Waals surface area contributed by atoms with Crippen molar-refractivity contribution >= 4 is 17.6 Å². The predicted octanol–water partition coefficient (Wildman–Crippen LogP) is 2.20. The lowest BCUT2D eigenvalue weighted by molar-refractivity contribution is -0.148. The second-order valence-corrected chi connectivity index (χ2v) is 6.56. The minimum atomic E-state index is -0.178. The molecule has 1 unspecified atom stereocenters. The SMILES string of the molecule is COC(=O)C1CCCCN1Cc1ccc(C(=O)Nc2cnn(C)c2)cc1. The van der Waals surface area contributed by atoms with Crippen molar-refractivity contribution in [2.24, 2.45) is 7.05 Å². The molecule has 2 aromatic rings. The van der Waals surface area contributed by atoms with E-state index < -0.39 is 0 Å². The number of piperidine rings is 1. The van der Waals surface area contributed by atoms with E-state index in [4.69, 9.17) is 4.74 Å². The number of carbonyl (C=O) groups is 2. The first kappa shape index (κ1) is 18.1. The first-order chi connectivity index (χ1) is 12.6. The van der Waals surface area contributed by atoms with Gasteiger partial charge in [-0.15, -0.1) is 0 Å². The number of ether oxygens (including phenoxy) is 1. The van der Waals surface area contributed by atoms with Gasteiger partial charge in [0, 0.05) is 25.4 Å². The van der Waals surface area contributed by atoms with Gasteiger partial charge in [-0.2, -0.15) is 5.10 Å². The Kier molecular flexibility index (Phi) is 5.68. The first-order valence-electron chi connectivity index (χ1n) is 8.77. The van der Waals surface area contributed by atoms with Crippen LogP contribution in [-0.2, 0) is 23.1 Å². The molecule has 138 valence electrons. The number of methoxy groups -OCH3 is 1. The fourth-order valence-corrected chi connectivity index (χ4v) is 3.27. The number of aromatic nitrogens is 2. The Morgan fingerprint density at radius 1 is 1.27 bits per heavy atom. The van der Waals surface area contributed by atoms with Crippen molar-refractivity contribution in [1.29, 1.82) is 0 Å². The van der Waals surface area contributed by atoms with Gasteiger partial charge in [-0.1, -0.05) is 18.6 Å². The van der Waals surface area contributed by atoms with Gasteiger partial charge in [0.2, 0.25) is 0 Å². The molecule has 0 saturated carbocycles. The molecule has 1 amide bonds. The molecular weight excluding hydrogens is 332 g/mol. The Hall–Kier alpha value is -2.67. The molecule has 0 spiro atoms. The summed E-state index contributed by atoms with van der Waals surface area (Å²) in [5.74, 6) is -0.341. The van der Waals surface area contributed by atoms with Crippen LogP contribution in [0.4, 0.5) is 5.69 Å². The molecule has 7 heteroatoms. The second kappa shape index (κ2) is 8.14. The Morgan fingerprint density at radius 3 is 2.69 bits per heavy atom. The molecule has 1 aromatic heterocycles. The van der Waals surface area contributed by atoms with E-state index in [1.807, 2.05) is 12.1 Å². The monoisotopic (exact) mass is 356 g/mol. The molecule has 7 nitrogen and oxygen atoms in total. The van der Waals surface area contributed by atoms with Crippen LogP contribution in [0.3, 0.4) is 0 Å². The van der Waals surface area contributed by atoms with Crippen molar-refractivity contribution in [3.8, 4) is 0 Å². The Morgan fingerprint density at radius 2 is 2.04 bits per heavy atom. The van der Waals surface area contributed by atoms with Crippen molar-refractivity contribution in [2.45, 2.75) is 31.8 Å². The van der Waals surface area contributed by atoms with E-state index in [0.29, 0.717) is 17.8 Å². The third kappa shape index (κ3) is 4.29. The largest absolute Gasteiger partial charge is 0.468 e. The molecule has 0 bridgehead atoms. The summed E-state index contributed by atoms with van der Waals surface area (Å²) in [5, 5.41) is 6.85. The van der Waals surface area contributed by atoms with Gasteiger partial charge in [0.15, 0.2) is 0 Å². The summed E-state index contributed by atoms with van der Waals surface area (Å²) in [5.41, 5.74) is 2.32. The molecule has 1 aliphatic rings. The van der Waals surface area contributed by atoms with Crippen molar-refractivity contribution < 1.29 is 14.3 Å². The van der Waals surface area contributed by atoms with E-state index in [2.05, 4.69) is 15.3 Å². The molecule has 1 N–H and O–H groups in total. The maximum atomic E-state index is 12.3. The summed E-state index contributed by atoms with van der Waals surface area (Å²) >= 11 is 0. The third-order valence-corrected chi connectivity index (χ3v) is 4.65. The van der Waals surface area contributed by atoms with Crippen molar-refractivity contribution in [2.75, 3.05) is 19.0 Å². The minimum absolute atomic E-state index is 0.169. The smallest absolute Gasteiger partial charge is 0.323 e. The Labute approximate surface area is 152 Å². The number of rotatable bonds is 5. The molecule has 1 saturated heterocycles. The van der Waals surface area contributed by atoms with E-state index in [-0.39, 0.29) is 17.9 Å². The van der Waals surface area contributed by atoms with Gasteiger partial charge in [0.25, 0.3) is 5.91 Å². The maximum Gasteiger partial charge on any atom is 0.323 e. The Balaban J connectivity index is 1.63. The van der Waals surface area contributed by atoms with Crippen LogP contribution in [0.25, 0.3) is 0 Å². The average molecular weight is 356 g/mol. The number of aryl methyl sites for hydroxylation is 1. The summed E-state index contributed by atoms with van der Waals surface area (Å²) in [6.07, 6.45) is 6.31. The molecule has 1 aromatic carbocycles. The summed E-state index contributed by atoms with van der Waals surface area (Å²) in [7, 11) is 3.23. The van der Waals surface area contributed by atoms with Gasteiger partial charge in [0.05, 0.1) is 19.0 Å². The zero-order chi connectivity index (χ0) is 18.5. The first-order valence-corrected chi connectivity index (χ1v) is 8.77. The van der Waals surface area contributed by atoms with Crippen LogP contribution in [0.15, 0.2) is 36.7 Å². The number of esters is 1. The number of anilines is 1. The number of likely N-dealkylation sites (tertiary alicyclic amines) is 1. The number of hydrogen-bond acceptors (Lipinski definition) is 5. The van der Waals surface area contributed by atoms with E-state index >= 15 is 0 Å². The van der Waals surface area contributed by atoms with Crippen LogP contribution in [0.5, 0.6) is 0 Å². The van der Waals surface area contributed by atoms with Crippen molar-refractivity contribution in [1.82, 2.24) is 14.7 Å². The van der Waals surface area contributed by atoms with E-state index in [1.54, 1.807) is 36.3 Å². The van der Waals surface area contributed by atoms with Crippen molar-refractivity contribution in [3.05, 3.63) is 47.8 Å². The lowest BCUT2D eigenvalue weighted by Gasteiger charge is -2.33. The summed E-state index contributed by atoms with van der Waals surface area (Å²) in [6, 6.07) is 7.29. The Bertz CT molecular complexity index is 769. The zero-order valence-corrected chi connectivity index (χ0v) is 15.1. The van der Waals surface area contributed by atoms with E-state index in [1.165, 1.54) is 7.11 Å². The fourth-order valence-electron chi connectivity index (χ4n) is 3.27. The van der Waals surface area contributed by atoms with E-state index in [9.17, 15) is 9.59 Å². The van der Waals surface area contributed by atoms with Gasteiger partial charge < -0.3 is 10.1 Å². The minimum Gasteiger partial charge on any atom is -0.468 e. The number of benzene rings is 1. The summed E-state index contributed by atoms with van der Waals surface area (Å²) < 4.78 is 6.56. The predicted molar refractivity (Wildman–Crippen MR) is 97.7 cm³/mol. The van der Waals surface area contributed by atoms with Crippen LogP contribution >= 0.6 is 0 Å². The molecular formula is C19H24N4O3. The average Bonchev–Trinajstić information content (AvgIpc) is 3.07. The molecule has 1 aliphatic heterocycles. The number of amides is 1. The summed E-state index contributed by atoms with van der Waals surface area (Å²) in [6.45, 7) is 1.55. The van der Waals surface area contributed by atoms with Crippen LogP contribution in [-0.4, -0.2) is 46.3 Å². The number of carbonyl (C=O) groups excluding carboxylic acids is 2. The lowest BCUT2D eigenvalue weighted by atomic mass is 10.0. The third-order valence-electron chi connectivity index (χ3n) is 4.65. The van der Waals surface area contributed by atoms with Gasteiger partial charge in [-0.05, 0) is 37.1 Å². The molecule has 3 rings (SSSR count).